The molecule has 0 radical (unpaired) electrons. The maximum Gasteiger partial charge on any atom is 0.143 e. The molecule has 0 atom stereocenters. The van der Waals surface area contributed by atoms with Crippen molar-refractivity contribution in [1.82, 2.24) is 0 Å². The highest BCUT2D eigenvalue weighted by molar-refractivity contribution is 6.26. The molecule has 0 saturated carbocycles. The molecule has 1 heterocycles. The topological polar surface area (TPSA) is 25.2 Å². The van der Waals surface area contributed by atoms with Crippen LogP contribution in [0.25, 0.3) is 66.1 Å². The average Bonchev–Trinajstić information content (AvgIpc) is 3.45. The Morgan fingerprint density at radius 1 is 0.357 bits per heavy atom. The summed E-state index contributed by atoms with van der Waals surface area (Å²) in [5.41, 5.74) is 11.2. The minimum atomic E-state index is 0.907. The molecule has 0 unspecified atom stereocenters. The molecule has 0 fully saturated rings. The van der Waals surface area contributed by atoms with E-state index in [-0.39, 0.29) is 0 Å². The van der Waals surface area contributed by atoms with Crippen molar-refractivity contribution in [3.8, 4) is 33.4 Å². The van der Waals surface area contributed by atoms with Gasteiger partial charge in [-0.3, -0.25) is 0 Å². The number of benzene rings is 7. The molecular weight excluding hydrogens is 510 g/mol. The highest BCUT2D eigenvalue weighted by atomic mass is 16.3. The van der Waals surface area contributed by atoms with Gasteiger partial charge in [-0.25, -0.2) is 0 Å². The second-order valence-electron chi connectivity index (χ2n) is 10.6. The van der Waals surface area contributed by atoms with Crippen LogP contribution in [-0.4, -0.2) is 0 Å². The number of anilines is 2. The summed E-state index contributed by atoms with van der Waals surface area (Å²) < 4.78 is 6.56. The van der Waals surface area contributed by atoms with Gasteiger partial charge in [0, 0.05) is 33.1 Å². The van der Waals surface area contributed by atoms with Crippen molar-refractivity contribution in [2.75, 3.05) is 5.32 Å². The summed E-state index contributed by atoms with van der Waals surface area (Å²) in [6.07, 6.45) is 0. The minimum Gasteiger partial charge on any atom is -0.455 e. The van der Waals surface area contributed by atoms with Gasteiger partial charge in [0.25, 0.3) is 0 Å². The van der Waals surface area contributed by atoms with E-state index in [1.165, 1.54) is 38.8 Å². The van der Waals surface area contributed by atoms with Crippen molar-refractivity contribution in [1.29, 1.82) is 0 Å². The van der Waals surface area contributed by atoms with Crippen molar-refractivity contribution >= 4 is 44.1 Å². The monoisotopic (exact) mass is 537 g/mol. The van der Waals surface area contributed by atoms with Crippen LogP contribution in [0.15, 0.2) is 162 Å². The SMILES string of the molecule is c1ccc(Nc2ccc(-c3ccc(-c4c(-c5ccccc5)c5ccccc5c5oc6ccccc6c45)cc3)cc2)cc1. The van der Waals surface area contributed by atoms with Crippen LogP contribution >= 0.6 is 0 Å². The molecular formula is C40H27NO. The fourth-order valence-corrected chi connectivity index (χ4v) is 6.10. The molecule has 0 aliphatic rings. The van der Waals surface area contributed by atoms with Crippen LogP contribution in [0.3, 0.4) is 0 Å². The van der Waals surface area contributed by atoms with E-state index in [0.717, 1.165) is 38.7 Å². The fourth-order valence-electron chi connectivity index (χ4n) is 6.10. The van der Waals surface area contributed by atoms with E-state index in [0.29, 0.717) is 0 Å². The van der Waals surface area contributed by atoms with Gasteiger partial charge in [-0.05, 0) is 63.5 Å². The van der Waals surface area contributed by atoms with E-state index in [9.17, 15) is 0 Å². The van der Waals surface area contributed by atoms with Gasteiger partial charge in [0.2, 0.25) is 0 Å². The normalized spacial score (nSPS) is 11.3. The number of hydrogen-bond acceptors (Lipinski definition) is 2. The Hall–Kier alpha value is -5.60. The number of hydrogen-bond donors (Lipinski definition) is 1. The summed E-state index contributed by atoms with van der Waals surface area (Å²) in [6, 6.07) is 55.5. The minimum absolute atomic E-state index is 0.907. The van der Waals surface area contributed by atoms with E-state index < -0.39 is 0 Å². The van der Waals surface area contributed by atoms with Crippen LogP contribution in [0.4, 0.5) is 11.4 Å². The summed E-state index contributed by atoms with van der Waals surface area (Å²) in [4.78, 5) is 0. The largest absolute Gasteiger partial charge is 0.455 e. The zero-order chi connectivity index (χ0) is 27.9. The van der Waals surface area contributed by atoms with E-state index >= 15 is 0 Å². The Morgan fingerprint density at radius 2 is 0.857 bits per heavy atom. The third kappa shape index (κ3) is 4.13. The summed E-state index contributed by atoms with van der Waals surface area (Å²) in [5.74, 6) is 0. The van der Waals surface area contributed by atoms with Gasteiger partial charge in [-0.2, -0.15) is 0 Å². The molecule has 0 amide bonds. The van der Waals surface area contributed by atoms with Crippen molar-refractivity contribution < 1.29 is 4.42 Å². The highest BCUT2D eigenvalue weighted by Crippen LogP contribution is 2.48. The van der Waals surface area contributed by atoms with Gasteiger partial charge in [0.1, 0.15) is 11.2 Å². The Morgan fingerprint density at radius 3 is 1.57 bits per heavy atom. The number of fused-ring (bicyclic) bond motifs is 5. The Labute approximate surface area is 244 Å². The van der Waals surface area contributed by atoms with Gasteiger partial charge in [-0.15, -0.1) is 0 Å². The summed E-state index contributed by atoms with van der Waals surface area (Å²) in [7, 11) is 0. The van der Waals surface area contributed by atoms with Crippen molar-refractivity contribution in [3.63, 3.8) is 0 Å². The Bertz CT molecular complexity index is 2180. The smallest absolute Gasteiger partial charge is 0.143 e. The molecule has 0 aliphatic heterocycles. The molecule has 0 spiro atoms. The first-order chi connectivity index (χ1) is 20.8. The Kier molecular flexibility index (Phi) is 5.82. The number of para-hydroxylation sites is 2. The molecule has 1 N–H and O–H groups in total. The number of rotatable bonds is 5. The maximum atomic E-state index is 6.56. The van der Waals surface area contributed by atoms with Crippen LogP contribution in [0.1, 0.15) is 0 Å². The second kappa shape index (κ2) is 10.1. The molecule has 42 heavy (non-hydrogen) atoms. The predicted molar refractivity (Wildman–Crippen MR) is 177 cm³/mol. The first-order valence-electron chi connectivity index (χ1n) is 14.3. The lowest BCUT2D eigenvalue weighted by molar-refractivity contribution is 0.673. The Balaban J connectivity index is 1.29. The molecule has 0 saturated heterocycles. The molecule has 2 nitrogen and oxygen atoms in total. The van der Waals surface area contributed by atoms with Crippen molar-refractivity contribution in [2.45, 2.75) is 0 Å². The van der Waals surface area contributed by atoms with Gasteiger partial charge in [-0.1, -0.05) is 127 Å². The lowest BCUT2D eigenvalue weighted by atomic mass is 9.86. The molecule has 8 aromatic rings. The van der Waals surface area contributed by atoms with Crippen molar-refractivity contribution in [3.05, 3.63) is 158 Å². The van der Waals surface area contributed by atoms with Gasteiger partial charge < -0.3 is 9.73 Å². The standard InChI is InChI=1S/C40H27NO/c1-3-11-29(12-4-1)37-33-15-7-8-16-34(33)40-39(35-17-9-10-18-36(35)42-40)38(37)30-21-19-27(20-22-30)28-23-25-32(26-24-28)41-31-13-5-2-6-14-31/h1-26,41H. The van der Waals surface area contributed by atoms with E-state index in [4.69, 9.17) is 4.42 Å². The van der Waals surface area contributed by atoms with Gasteiger partial charge in [0.15, 0.2) is 0 Å². The average molecular weight is 538 g/mol. The van der Waals surface area contributed by atoms with Crippen LogP contribution in [-0.2, 0) is 0 Å². The number of furan rings is 1. The quantitative estimate of drug-likeness (QED) is 0.236. The molecule has 8 rings (SSSR count). The van der Waals surface area contributed by atoms with Crippen LogP contribution < -0.4 is 5.32 Å². The second-order valence-corrected chi connectivity index (χ2v) is 10.6. The molecule has 1 aromatic heterocycles. The summed E-state index contributed by atoms with van der Waals surface area (Å²) in [6.45, 7) is 0. The first-order valence-corrected chi connectivity index (χ1v) is 14.3. The van der Waals surface area contributed by atoms with Crippen LogP contribution in [0.2, 0.25) is 0 Å². The van der Waals surface area contributed by atoms with Gasteiger partial charge >= 0.3 is 0 Å². The van der Waals surface area contributed by atoms with E-state index in [1.807, 2.05) is 24.3 Å². The van der Waals surface area contributed by atoms with Crippen LogP contribution in [0.5, 0.6) is 0 Å². The predicted octanol–water partition coefficient (Wildman–Crippen LogP) is 11.5. The van der Waals surface area contributed by atoms with Crippen LogP contribution in [0, 0.1) is 0 Å². The summed E-state index contributed by atoms with van der Waals surface area (Å²) in [5, 5.41) is 8.09. The first kappa shape index (κ1) is 24.2. The van der Waals surface area contributed by atoms with E-state index in [1.54, 1.807) is 0 Å². The third-order valence-electron chi connectivity index (χ3n) is 8.05. The molecule has 0 bridgehead atoms. The maximum absolute atomic E-state index is 6.56. The van der Waals surface area contributed by atoms with E-state index in [2.05, 4.69) is 139 Å². The molecule has 0 aliphatic carbocycles. The lowest BCUT2D eigenvalue weighted by Gasteiger charge is -2.17. The van der Waals surface area contributed by atoms with Gasteiger partial charge in [0.05, 0.1) is 0 Å². The lowest BCUT2D eigenvalue weighted by Crippen LogP contribution is -1.91. The fraction of sp³-hybridized carbons (Fsp3) is 0. The van der Waals surface area contributed by atoms with Crippen molar-refractivity contribution in [2.24, 2.45) is 0 Å². The molecule has 198 valence electrons. The summed E-state index contributed by atoms with van der Waals surface area (Å²) >= 11 is 0. The highest BCUT2D eigenvalue weighted by Gasteiger charge is 2.22. The zero-order valence-electron chi connectivity index (χ0n) is 22.9. The zero-order valence-corrected chi connectivity index (χ0v) is 22.9. The molecule has 7 aromatic carbocycles. The third-order valence-corrected chi connectivity index (χ3v) is 8.05. The number of nitrogens with one attached hydrogen (secondary N) is 1. The molecule has 2 heteroatoms.